The van der Waals surface area contributed by atoms with Crippen molar-refractivity contribution in [2.75, 3.05) is 6.54 Å². The number of nitrogens with two attached hydrogens (primary N) is 1. The third-order valence-corrected chi connectivity index (χ3v) is 3.85. The second kappa shape index (κ2) is 12.4. The Hall–Kier alpha value is -0.0400. The topological polar surface area (TPSA) is 26.0 Å². The van der Waals surface area contributed by atoms with Crippen molar-refractivity contribution >= 4 is 0 Å². The van der Waals surface area contributed by atoms with Crippen molar-refractivity contribution in [3.63, 3.8) is 0 Å². The SMILES string of the molecule is CCCCCCCC(C)CCC(C)CCCN. The second-order valence-electron chi connectivity index (χ2n) is 5.92. The molecule has 2 N–H and O–H groups in total. The Labute approximate surface area is 110 Å². The Bertz CT molecular complexity index is 144. The quantitative estimate of drug-likeness (QED) is 0.470. The third-order valence-electron chi connectivity index (χ3n) is 3.85. The molecule has 0 bridgehead atoms. The van der Waals surface area contributed by atoms with E-state index in [1.165, 1.54) is 64.2 Å². The molecule has 2 unspecified atom stereocenters. The summed E-state index contributed by atoms with van der Waals surface area (Å²) in [5.41, 5.74) is 5.54. The molecule has 0 saturated carbocycles. The van der Waals surface area contributed by atoms with Crippen molar-refractivity contribution in [3.8, 4) is 0 Å². The number of hydrogen-bond acceptors (Lipinski definition) is 1. The van der Waals surface area contributed by atoms with Crippen molar-refractivity contribution in [1.29, 1.82) is 0 Å². The zero-order valence-electron chi connectivity index (χ0n) is 12.5. The molecule has 0 fully saturated rings. The molecule has 0 aliphatic heterocycles. The Morgan fingerprint density at radius 3 is 1.76 bits per heavy atom. The fourth-order valence-corrected chi connectivity index (χ4v) is 2.42. The summed E-state index contributed by atoms with van der Waals surface area (Å²) in [5.74, 6) is 1.80. The third kappa shape index (κ3) is 12.2. The van der Waals surface area contributed by atoms with E-state index in [0.717, 1.165) is 18.4 Å². The highest BCUT2D eigenvalue weighted by Gasteiger charge is 2.06. The van der Waals surface area contributed by atoms with Gasteiger partial charge in [-0.25, -0.2) is 0 Å². The molecule has 0 aromatic carbocycles. The minimum atomic E-state index is 0.858. The fraction of sp³-hybridized carbons (Fsp3) is 1.00. The number of rotatable bonds is 12. The molecule has 0 aliphatic rings. The van der Waals surface area contributed by atoms with E-state index in [0.29, 0.717) is 0 Å². The molecular formula is C16H35N. The first kappa shape index (κ1) is 17.0. The van der Waals surface area contributed by atoms with Crippen LogP contribution in [-0.4, -0.2) is 6.54 Å². The van der Waals surface area contributed by atoms with E-state index in [1.807, 2.05) is 0 Å². The lowest BCUT2D eigenvalue weighted by molar-refractivity contribution is 0.383. The van der Waals surface area contributed by atoms with E-state index in [-0.39, 0.29) is 0 Å². The zero-order chi connectivity index (χ0) is 12.9. The van der Waals surface area contributed by atoms with Crippen LogP contribution in [-0.2, 0) is 0 Å². The van der Waals surface area contributed by atoms with E-state index in [2.05, 4.69) is 20.8 Å². The maximum atomic E-state index is 5.54. The molecule has 17 heavy (non-hydrogen) atoms. The van der Waals surface area contributed by atoms with Gasteiger partial charge in [0.25, 0.3) is 0 Å². The molecular weight excluding hydrogens is 206 g/mol. The summed E-state index contributed by atoms with van der Waals surface area (Å²) in [6.45, 7) is 7.95. The van der Waals surface area contributed by atoms with Crippen LogP contribution in [0.4, 0.5) is 0 Å². The molecule has 0 heterocycles. The highest BCUT2D eigenvalue weighted by molar-refractivity contribution is 4.59. The lowest BCUT2D eigenvalue weighted by atomic mass is 9.92. The van der Waals surface area contributed by atoms with Gasteiger partial charge in [0.15, 0.2) is 0 Å². The summed E-state index contributed by atoms with van der Waals surface area (Å²) in [7, 11) is 0. The van der Waals surface area contributed by atoms with Gasteiger partial charge in [-0.3, -0.25) is 0 Å². The van der Waals surface area contributed by atoms with Crippen molar-refractivity contribution in [2.24, 2.45) is 17.6 Å². The van der Waals surface area contributed by atoms with E-state index < -0.39 is 0 Å². The van der Waals surface area contributed by atoms with E-state index in [1.54, 1.807) is 0 Å². The van der Waals surface area contributed by atoms with Crippen LogP contribution >= 0.6 is 0 Å². The predicted octanol–water partition coefficient (Wildman–Crippen LogP) is 5.14. The summed E-state index contributed by atoms with van der Waals surface area (Å²) in [4.78, 5) is 0. The van der Waals surface area contributed by atoms with Crippen LogP contribution in [0.25, 0.3) is 0 Å². The van der Waals surface area contributed by atoms with Gasteiger partial charge in [-0.05, 0) is 31.2 Å². The summed E-state index contributed by atoms with van der Waals surface area (Å²) < 4.78 is 0. The van der Waals surface area contributed by atoms with E-state index in [4.69, 9.17) is 5.73 Å². The summed E-state index contributed by atoms with van der Waals surface area (Å²) >= 11 is 0. The van der Waals surface area contributed by atoms with Gasteiger partial charge in [-0.1, -0.05) is 72.1 Å². The minimum absolute atomic E-state index is 0.858. The van der Waals surface area contributed by atoms with Gasteiger partial charge in [0.1, 0.15) is 0 Å². The van der Waals surface area contributed by atoms with Gasteiger partial charge in [-0.15, -0.1) is 0 Å². The highest BCUT2D eigenvalue weighted by Crippen LogP contribution is 2.20. The van der Waals surface area contributed by atoms with Crippen molar-refractivity contribution in [1.82, 2.24) is 0 Å². The molecule has 0 aliphatic carbocycles. The Morgan fingerprint density at radius 1 is 0.706 bits per heavy atom. The van der Waals surface area contributed by atoms with Crippen LogP contribution in [0.1, 0.15) is 85.0 Å². The molecule has 1 nitrogen and oxygen atoms in total. The first-order valence-electron chi connectivity index (χ1n) is 7.90. The van der Waals surface area contributed by atoms with E-state index >= 15 is 0 Å². The Morgan fingerprint density at radius 2 is 1.24 bits per heavy atom. The monoisotopic (exact) mass is 241 g/mol. The minimum Gasteiger partial charge on any atom is -0.330 e. The summed E-state index contributed by atoms with van der Waals surface area (Å²) in [6.07, 6.45) is 13.9. The fourth-order valence-electron chi connectivity index (χ4n) is 2.42. The van der Waals surface area contributed by atoms with Gasteiger partial charge >= 0.3 is 0 Å². The average molecular weight is 241 g/mol. The van der Waals surface area contributed by atoms with Gasteiger partial charge in [-0.2, -0.15) is 0 Å². The van der Waals surface area contributed by atoms with Crippen LogP contribution in [0.15, 0.2) is 0 Å². The Balaban J connectivity index is 3.30. The molecule has 0 spiro atoms. The highest BCUT2D eigenvalue weighted by atomic mass is 14.5. The summed E-state index contributed by atoms with van der Waals surface area (Å²) in [6, 6.07) is 0. The molecule has 104 valence electrons. The summed E-state index contributed by atoms with van der Waals surface area (Å²) in [5, 5.41) is 0. The normalized spacial score (nSPS) is 14.8. The molecule has 0 rings (SSSR count). The molecule has 0 saturated heterocycles. The standard InChI is InChI=1S/C16H35N/c1-4-5-6-7-8-10-15(2)12-13-16(3)11-9-14-17/h15-16H,4-14,17H2,1-3H3. The van der Waals surface area contributed by atoms with Crippen molar-refractivity contribution in [3.05, 3.63) is 0 Å². The second-order valence-corrected chi connectivity index (χ2v) is 5.92. The maximum absolute atomic E-state index is 5.54. The van der Waals surface area contributed by atoms with Crippen molar-refractivity contribution < 1.29 is 0 Å². The molecule has 0 amide bonds. The van der Waals surface area contributed by atoms with Crippen LogP contribution < -0.4 is 5.73 Å². The smallest absolute Gasteiger partial charge is 0.00772 e. The van der Waals surface area contributed by atoms with Crippen LogP contribution in [0.5, 0.6) is 0 Å². The number of unbranched alkanes of at least 4 members (excludes halogenated alkanes) is 4. The first-order chi connectivity index (χ1) is 8.20. The van der Waals surface area contributed by atoms with Gasteiger partial charge in [0, 0.05) is 0 Å². The predicted molar refractivity (Wildman–Crippen MR) is 79.2 cm³/mol. The molecule has 1 heteroatoms. The molecule has 0 aromatic heterocycles. The average Bonchev–Trinajstić information content (AvgIpc) is 2.33. The van der Waals surface area contributed by atoms with Crippen LogP contribution in [0, 0.1) is 11.8 Å². The maximum Gasteiger partial charge on any atom is -0.00772 e. The lowest BCUT2D eigenvalue weighted by Crippen LogP contribution is -2.04. The molecule has 0 radical (unpaired) electrons. The largest absolute Gasteiger partial charge is 0.330 e. The van der Waals surface area contributed by atoms with Crippen molar-refractivity contribution in [2.45, 2.75) is 85.0 Å². The Kier molecular flexibility index (Phi) is 12.4. The number of hydrogen-bond donors (Lipinski definition) is 1. The van der Waals surface area contributed by atoms with Crippen LogP contribution in [0.2, 0.25) is 0 Å². The molecule has 2 atom stereocenters. The lowest BCUT2D eigenvalue weighted by Gasteiger charge is -2.15. The first-order valence-corrected chi connectivity index (χ1v) is 7.90. The zero-order valence-corrected chi connectivity index (χ0v) is 12.5. The van der Waals surface area contributed by atoms with E-state index in [9.17, 15) is 0 Å². The molecule has 0 aromatic rings. The van der Waals surface area contributed by atoms with Gasteiger partial charge in [0.2, 0.25) is 0 Å². The van der Waals surface area contributed by atoms with Crippen LogP contribution in [0.3, 0.4) is 0 Å². The van der Waals surface area contributed by atoms with Gasteiger partial charge < -0.3 is 5.73 Å². The van der Waals surface area contributed by atoms with Gasteiger partial charge in [0.05, 0.1) is 0 Å².